The van der Waals surface area contributed by atoms with Gasteiger partial charge in [0.1, 0.15) is 0 Å². The van der Waals surface area contributed by atoms with Crippen LogP contribution in [0.15, 0.2) is 279 Å². The van der Waals surface area contributed by atoms with Crippen LogP contribution in [0.25, 0.3) is 77.5 Å². The van der Waals surface area contributed by atoms with Crippen molar-refractivity contribution in [2.24, 2.45) is 0 Å². The first-order valence-electron chi connectivity index (χ1n) is 26.5. The summed E-state index contributed by atoms with van der Waals surface area (Å²) in [6, 6.07) is 95.0. The molecule has 1 nitrogen and oxygen atoms in total. The van der Waals surface area contributed by atoms with Crippen LogP contribution < -0.4 is 4.90 Å². The van der Waals surface area contributed by atoms with Crippen molar-refractivity contribution in [3.8, 4) is 66.8 Å². The molecule has 3 aliphatic carbocycles. The number of benzene rings is 11. The fourth-order valence-corrected chi connectivity index (χ4v) is 12.9. The van der Waals surface area contributed by atoms with Crippen molar-refractivity contribution in [3.63, 3.8) is 0 Å². The average Bonchev–Trinajstić information content (AvgIpc) is 3.98. The van der Waals surface area contributed by atoms with Gasteiger partial charge in [-0.1, -0.05) is 238 Å². The average molecular weight is 958 g/mol. The van der Waals surface area contributed by atoms with Crippen molar-refractivity contribution in [1.82, 2.24) is 0 Å². The summed E-state index contributed by atoms with van der Waals surface area (Å²) < 4.78 is 0. The lowest BCUT2D eigenvalue weighted by Crippen LogP contribution is -2.29. The van der Waals surface area contributed by atoms with E-state index in [-0.39, 0.29) is 5.41 Å². The minimum Gasteiger partial charge on any atom is -0.310 e. The van der Waals surface area contributed by atoms with Crippen molar-refractivity contribution in [2.75, 3.05) is 4.90 Å². The van der Waals surface area contributed by atoms with Gasteiger partial charge in [0.15, 0.2) is 0 Å². The molecule has 0 aliphatic heterocycles. The Morgan fingerprint density at radius 1 is 0.347 bits per heavy atom. The third-order valence-corrected chi connectivity index (χ3v) is 16.6. The normalized spacial score (nSPS) is 15.7. The van der Waals surface area contributed by atoms with Crippen molar-refractivity contribution in [1.29, 1.82) is 0 Å². The van der Waals surface area contributed by atoms with E-state index in [2.05, 4.69) is 292 Å². The van der Waals surface area contributed by atoms with Crippen LogP contribution in [0.5, 0.6) is 0 Å². The Morgan fingerprint density at radius 2 is 0.867 bits per heavy atom. The smallest absolute Gasteiger partial charge is 0.0711 e. The summed E-state index contributed by atoms with van der Waals surface area (Å²) in [7, 11) is 0. The molecule has 0 amide bonds. The van der Waals surface area contributed by atoms with E-state index in [1.54, 1.807) is 0 Å². The minimum absolute atomic E-state index is 0.0693. The van der Waals surface area contributed by atoms with Gasteiger partial charge in [0, 0.05) is 22.4 Å². The third-order valence-electron chi connectivity index (χ3n) is 16.6. The van der Waals surface area contributed by atoms with Crippen LogP contribution in [-0.2, 0) is 10.8 Å². The molecule has 0 spiro atoms. The van der Waals surface area contributed by atoms with E-state index in [1.807, 2.05) is 0 Å². The fourth-order valence-electron chi connectivity index (χ4n) is 12.9. The molecule has 1 unspecified atom stereocenters. The largest absolute Gasteiger partial charge is 0.310 e. The van der Waals surface area contributed by atoms with Crippen LogP contribution in [-0.4, -0.2) is 0 Å². The topological polar surface area (TPSA) is 3.24 Å². The zero-order valence-corrected chi connectivity index (χ0v) is 42.3. The van der Waals surface area contributed by atoms with Crippen LogP contribution >= 0.6 is 0 Å². The summed E-state index contributed by atoms with van der Waals surface area (Å²) in [4.78, 5) is 2.49. The third kappa shape index (κ3) is 7.29. The molecule has 0 saturated carbocycles. The molecule has 1 heteroatoms. The van der Waals surface area contributed by atoms with Crippen LogP contribution in [0, 0.1) is 0 Å². The van der Waals surface area contributed by atoms with Gasteiger partial charge in [0.2, 0.25) is 0 Å². The number of nitrogens with zero attached hydrogens (tertiary/aromatic N) is 1. The predicted octanol–water partition coefficient (Wildman–Crippen LogP) is 19.9. The van der Waals surface area contributed by atoms with Gasteiger partial charge in [0.05, 0.1) is 11.1 Å². The molecule has 356 valence electrons. The minimum atomic E-state index is -0.468. The molecule has 1 atom stereocenters. The predicted molar refractivity (Wildman–Crippen MR) is 316 cm³/mol. The van der Waals surface area contributed by atoms with Gasteiger partial charge in [-0.05, 0) is 167 Å². The first kappa shape index (κ1) is 44.6. The van der Waals surface area contributed by atoms with Gasteiger partial charge in [-0.2, -0.15) is 0 Å². The molecule has 0 fully saturated rings. The van der Waals surface area contributed by atoms with E-state index in [4.69, 9.17) is 0 Å². The molecule has 0 radical (unpaired) electrons. The van der Waals surface area contributed by atoms with E-state index in [0.29, 0.717) is 0 Å². The van der Waals surface area contributed by atoms with Gasteiger partial charge in [-0.3, -0.25) is 0 Å². The van der Waals surface area contributed by atoms with Crippen molar-refractivity contribution >= 4 is 27.8 Å². The van der Waals surface area contributed by atoms with E-state index in [0.717, 1.165) is 29.9 Å². The zero-order valence-electron chi connectivity index (χ0n) is 42.3. The van der Waals surface area contributed by atoms with Crippen molar-refractivity contribution < 1.29 is 0 Å². The Bertz CT molecular complexity index is 4060. The Morgan fingerprint density at radius 3 is 1.57 bits per heavy atom. The maximum atomic E-state index is 2.49. The van der Waals surface area contributed by atoms with Gasteiger partial charge < -0.3 is 4.90 Å². The van der Waals surface area contributed by atoms with E-state index < -0.39 is 5.41 Å². The molecule has 11 aromatic carbocycles. The number of allylic oxidation sites excluding steroid dienone is 4. The standard InChI is InChI=1S/C74H55N/c1-73(2)67-27-13-11-25-64(67)65-46-41-59(49-70(65)73)54-39-44-63(45-40-54)75(71-30-16-29-69-72(71)66-26-12-14-28-68(66)74(69,60-21-5-3-6-22-60)61-23-7-4-8-24-61)62-42-37-52(38-43-62)51-31-33-53(34-32-51)56-19-15-20-57(47-56)58-36-35-50-17-9-10-18-55(50)48-58/h3,5-7,9-49H,4,8H2,1-2H3. The maximum absolute atomic E-state index is 2.49. The molecular formula is C74H55N. The molecular weight excluding hydrogens is 903 g/mol. The summed E-state index contributed by atoms with van der Waals surface area (Å²) in [6.07, 6.45) is 9.32. The number of rotatable bonds is 9. The van der Waals surface area contributed by atoms with Gasteiger partial charge >= 0.3 is 0 Å². The summed E-state index contributed by atoms with van der Waals surface area (Å²) in [6.45, 7) is 4.72. The molecule has 0 heterocycles. The highest BCUT2D eigenvalue weighted by molar-refractivity contribution is 5.98. The second-order valence-electron chi connectivity index (χ2n) is 21.1. The molecule has 0 aromatic heterocycles. The lowest BCUT2D eigenvalue weighted by Gasteiger charge is -2.36. The summed E-state index contributed by atoms with van der Waals surface area (Å²) in [5.74, 6) is 0. The lowest BCUT2D eigenvalue weighted by molar-refractivity contribution is 0.660. The maximum Gasteiger partial charge on any atom is 0.0711 e. The van der Waals surface area contributed by atoms with E-state index in [9.17, 15) is 0 Å². The quantitative estimate of drug-likeness (QED) is 0.139. The van der Waals surface area contributed by atoms with Gasteiger partial charge in [-0.25, -0.2) is 0 Å². The Hall–Kier alpha value is -9.04. The van der Waals surface area contributed by atoms with Crippen LogP contribution in [0.1, 0.15) is 54.5 Å². The summed E-state index contributed by atoms with van der Waals surface area (Å²) >= 11 is 0. The highest BCUT2D eigenvalue weighted by Gasteiger charge is 2.48. The Balaban J connectivity index is 0.864. The summed E-state index contributed by atoms with van der Waals surface area (Å²) in [5.41, 5.74) is 25.8. The number of hydrogen-bond acceptors (Lipinski definition) is 1. The van der Waals surface area contributed by atoms with Gasteiger partial charge in [-0.15, -0.1) is 0 Å². The monoisotopic (exact) mass is 957 g/mol. The second-order valence-corrected chi connectivity index (χ2v) is 21.1. The zero-order chi connectivity index (χ0) is 50.1. The molecule has 0 bridgehead atoms. The lowest BCUT2D eigenvalue weighted by atomic mass is 9.66. The highest BCUT2D eigenvalue weighted by Crippen LogP contribution is 2.60. The first-order chi connectivity index (χ1) is 36.9. The van der Waals surface area contributed by atoms with Crippen LogP contribution in [0.4, 0.5) is 17.1 Å². The molecule has 3 aliphatic rings. The van der Waals surface area contributed by atoms with Crippen molar-refractivity contribution in [3.05, 3.63) is 306 Å². The van der Waals surface area contributed by atoms with Crippen LogP contribution in [0.3, 0.4) is 0 Å². The van der Waals surface area contributed by atoms with E-state index >= 15 is 0 Å². The molecule has 11 aromatic rings. The number of hydrogen-bond donors (Lipinski definition) is 0. The van der Waals surface area contributed by atoms with E-state index in [1.165, 1.54) is 111 Å². The number of anilines is 3. The fraction of sp³-hybridized carbons (Fsp3) is 0.0811. The second kappa shape index (κ2) is 17.9. The SMILES string of the molecule is CC1(C)c2ccccc2-c2ccc(-c3ccc(N(c4ccc(-c5ccc(-c6cccc(-c7ccc8ccccc8c7)c6)cc5)cc4)c4cccc5c4-c4ccccc4C5(C4=CCCC=C4)c4ccccc4)cc3)cc21. The molecule has 0 N–H and O–H groups in total. The Labute approximate surface area is 441 Å². The summed E-state index contributed by atoms with van der Waals surface area (Å²) in [5, 5.41) is 2.52. The molecule has 14 rings (SSSR count). The molecule has 75 heavy (non-hydrogen) atoms. The number of fused-ring (bicyclic) bond motifs is 7. The van der Waals surface area contributed by atoms with Gasteiger partial charge in [0.25, 0.3) is 0 Å². The van der Waals surface area contributed by atoms with Crippen molar-refractivity contribution in [2.45, 2.75) is 37.5 Å². The molecule has 0 saturated heterocycles. The van der Waals surface area contributed by atoms with Crippen LogP contribution in [0.2, 0.25) is 0 Å². The highest BCUT2D eigenvalue weighted by atomic mass is 15.1. The first-order valence-corrected chi connectivity index (χ1v) is 26.5. The Kier molecular flexibility index (Phi) is 10.6.